The number of esters is 1. The fourth-order valence-electron chi connectivity index (χ4n) is 3.68. The summed E-state index contributed by atoms with van der Waals surface area (Å²) < 4.78 is 11.6. The average molecular weight is 369 g/mol. The molecule has 4 atom stereocenters. The Labute approximate surface area is 152 Å². The number of carbonyl (C=O) groups excluding carboxylic acids is 2. The molecule has 140 valence electrons. The van der Waals surface area contributed by atoms with Crippen molar-refractivity contribution in [3.8, 4) is 0 Å². The highest BCUT2D eigenvalue weighted by atomic mass is 32.2. The topological polar surface area (TPSA) is 84.9 Å². The molecule has 2 N–H and O–H groups in total. The molecule has 0 radical (unpaired) electrons. The molecule has 6 nitrogen and oxygen atoms in total. The fourth-order valence-corrected chi connectivity index (χ4v) is 4.57. The minimum absolute atomic E-state index is 0.148. The molecule has 3 rings (SSSR count). The third-order valence-corrected chi connectivity index (χ3v) is 5.88. The van der Waals surface area contributed by atoms with Gasteiger partial charge in [0.05, 0.1) is 12.1 Å². The van der Waals surface area contributed by atoms with Crippen LogP contribution in [0, 0.1) is 0 Å². The molecule has 25 heavy (non-hydrogen) atoms. The van der Waals surface area contributed by atoms with E-state index in [0.717, 1.165) is 50.3 Å². The van der Waals surface area contributed by atoms with Gasteiger partial charge in [0.15, 0.2) is 5.79 Å². The number of amides is 1. The van der Waals surface area contributed by atoms with E-state index >= 15 is 0 Å². The summed E-state index contributed by atoms with van der Waals surface area (Å²) in [5.41, 5.74) is 0. The first-order valence-corrected chi connectivity index (χ1v) is 10.2. The largest absolute Gasteiger partial charge is 0.462 e. The van der Waals surface area contributed by atoms with E-state index in [1.807, 2.05) is 0 Å². The molecule has 3 aliphatic heterocycles. The molecule has 0 aromatic heterocycles. The van der Waals surface area contributed by atoms with Crippen molar-refractivity contribution in [2.24, 2.45) is 0 Å². The van der Waals surface area contributed by atoms with Crippen LogP contribution in [0.5, 0.6) is 0 Å². The number of ether oxygens (including phenoxy) is 2. The smallest absolute Gasteiger partial charge is 0.306 e. The molecule has 0 aliphatic carbocycles. The summed E-state index contributed by atoms with van der Waals surface area (Å²) in [5, 5.41) is 13.6. The number of aliphatic hydroxyl groups is 1. The number of nitrogens with one attached hydrogen (secondary N) is 1. The third-order valence-electron chi connectivity index (χ3n) is 5.00. The first-order chi connectivity index (χ1) is 12.0. The van der Waals surface area contributed by atoms with Crippen LogP contribution in [0.15, 0.2) is 12.2 Å². The summed E-state index contributed by atoms with van der Waals surface area (Å²) in [5.74, 6) is -1.22. The Morgan fingerprint density at radius 2 is 1.96 bits per heavy atom. The van der Waals surface area contributed by atoms with E-state index in [1.54, 1.807) is 0 Å². The molecule has 3 aliphatic rings. The highest BCUT2D eigenvalue weighted by Crippen LogP contribution is 2.36. The van der Waals surface area contributed by atoms with Crippen molar-refractivity contribution < 1.29 is 24.2 Å². The van der Waals surface area contributed by atoms with Crippen LogP contribution in [-0.4, -0.2) is 46.1 Å². The zero-order valence-electron chi connectivity index (χ0n) is 14.4. The molecule has 0 spiro atoms. The van der Waals surface area contributed by atoms with Gasteiger partial charge in [-0.25, -0.2) is 0 Å². The first kappa shape index (κ1) is 18.7. The molecule has 1 amide bonds. The van der Waals surface area contributed by atoms with Crippen LogP contribution >= 0.6 is 11.8 Å². The van der Waals surface area contributed by atoms with Crippen molar-refractivity contribution in [1.29, 1.82) is 0 Å². The third kappa shape index (κ3) is 5.21. The molecule has 2 saturated heterocycles. The van der Waals surface area contributed by atoms with Crippen molar-refractivity contribution in [2.45, 2.75) is 81.8 Å². The van der Waals surface area contributed by atoms with Gasteiger partial charge in [-0.05, 0) is 38.5 Å². The Kier molecular flexibility index (Phi) is 6.41. The van der Waals surface area contributed by atoms with Gasteiger partial charge in [-0.15, -0.1) is 0 Å². The molecule has 7 heteroatoms. The SMILES string of the molecule is O=C1CCCCC=CCCCC2C[C@H](C[C@](O)([C@@H]3CSC(=O)N3)O2)O1. The van der Waals surface area contributed by atoms with E-state index in [1.165, 1.54) is 0 Å². The van der Waals surface area contributed by atoms with Gasteiger partial charge in [0.25, 0.3) is 5.24 Å². The number of hydrogen-bond acceptors (Lipinski definition) is 6. The number of allylic oxidation sites excluding steroid dienone is 2. The van der Waals surface area contributed by atoms with Gasteiger partial charge >= 0.3 is 5.97 Å². The number of hydrogen-bond donors (Lipinski definition) is 2. The van der Waals surface area contributed by atoms with E-state index in [0.29, 0.717) is 18.6 Å². The van der Waals surface area contributed by atoms with Crippen LogP contribution in [0.3, 0.4) is 0 Å². The maximum Gasteiger partial charge on any atom is 0.306 e. The lowest BCUT2D eigenvalue weighted by Gasteiger charge is -2.43. The Morgan fingerprint density at radius 3 is 2.72 bits per heavy atom. The van der Waals surface area contributed by atoms with Crippen molar-refractivity contribution >= 4 is 23.0 Å². The van der Waals surface area contributed by atoms with E-state index in [9.17, 15) is 14.7 Å². The minimum atomic E-state index is -1.47. The van der Waals surface area contributed by atoms with Crippen LogP contribution < -0.4 is 5.32 Å². The Morgan fingerprint density at radius 1 is 1.16 bits per heavy atom. The lowest BCUT2D eigenvalue weighted by molar-refractivity contribution is -0.284. The quantitative estimate of drug-likeness (QED) is 0.546. The number of fused-ring (bicyclic) bond motifs is 2. The molecule has 2 bridgehead atoms. The summed E-state index contributed by atoms with van der Waals surface area (Å²) in [6.45, 7) is 0. The molecule has 0 saturated carbocycles. The van der Waals surface area contributed by atoms with Crippen LogP contribution in [0.25, 0.3) is 0 Å². The van der Waals surface area contributed by atoms with Gasteiger partial charge in [0, 0.05) is 25.0 Å². The second-order valence-electron chi connectivity index (χ2n) is 7.08. The molecular formula is C18H27NO5S. The lowest BCUT2D eigenvalue weighted by atomic mass is 9.91. The fraction of sp³-hybridized carbons (Fsp3) is 0.778. The van der Waals surface area contributed by atoms with Crippen LogP contribution in [0.4, 0.5) is 4.79 Å². The van der Waals surface area contributed by atoms with Gasteiger partial charge in [0.1, 0.15) is 6.10 Å². The Balaban J connectivity index is 1.70. The summed E-state index contributed by atoms with van der Waals surface area (Å²) in [6.07, 6.45) is 10.6. The normalized spacial score (nSPS) is 37.9. The summed E-state index contributed by atoms with van der Waals surface area (Å²) in [7, 11) is 0. The van der Waals surface area contributed by atoms with Crippen LogP contribution in [0.2, 0.25) is 0 Å². The van der Waals surface area contributed by atoms with Crippen molar-refractivity contribution in [3.05, 3.63) is 12.2 Å². The monoisotopic (exact) mass is 369 g/mol. The summed E-state index contributed by atoms with van der Waals surface area (Å²) >= 11 is 1.15. The van der Waals surface area contributed by atoms with Crippen molar-refractivity contribution in [2.75, 3.05) is 5.75 Å². The van der Waals surface area contributed by atoms with Crippen LogP contribution in [-0.2, 0) is 14.3 Å². The van der Waals surface area contributed by atoms with E-state index in [-0.39, 0.29) is 29.8 Å². The second-order valence-corrected chi connectivity index (χ2v) is 8.07. The van der Waals surface area contributed by atoms with Gasteiger partial charge in [0.2, 0.25) is 0 Å². The Bertz CT molecular complexity index is 526. The number of carbonyl (C=O) groups is 2. The van der Waals surface area contributed by atoms with Gasteiger partial charge in [-0.3, -0.25) is 9.59 Å². The van der Waals surface area contributed by atoms with Gasteiger partial charge in [-0.1, -0.05) is 23.9 Å². The van der Waals surface area contributed by atoms with E-state index in [4.69, 9.17) is 9.47 Å². The number of rotatable bonds is 1. The predicted octanol–water partition coefficient (Wildman–Crippen LogP) is 2.89. The zero-order valence-corrected chi connectivity index (χ0v) is 15.3. The maximum absolute atomic E-state index is 12.1. The maximum atomic E-state index is 12.1. The predicted molar refractivity (Wildman–Crippen MR) is 95.2 cm³/mol. The standard InChI is InChI=1S/C18H27NO5S/c20-16-9-7-5-3-1-2-4-6-8-13-10-14(23-16)11-18(22,24-13)15-12-25-17(21)19-15/h1-2,13-15,22H,3-12H2,(H,19,21)/t13?,14-,15+,18-/m1/s1. The lowest BCUT2D eigenvalue weighted by Crippen LogP contribution is -2.58. The highest BCUT2D eigenvalue weighted by molar-refractivity contribution is 8.14. The van der Waals surface area contributed by atoms with E-state index < -0.39 is 11.8 Å². The average Bonchev–Trinajstić information content (AvgIpc) is 2.99. The molecule has 0 aromatic carbocycles. The first-order valence-electron chi connectivity index (χ1n) is 9.23. The van der Waals surface area contributed by atoms with Crippen LogP contribution in [0.1, 0.15) is 57.8 Å². The van der Waals surface area contributed by atoms with Gasteiger partial charge < -0.3 is 19.9 Å². The summed E-state index contributed by atoms with van der Waals surface area (Å²) in [4.78, 5) is 23.6. The summed E-state index contributed by atoms with van der Waals surface area (Å²) in [6, 6.07) is -0.465. The molecule has 0 aromatic rings. The van der Waals surface area contributed by atoms with Crippen molar-refractivity contribution in [1.82, 2.24) is 5.32 Å². The van der Waals surface area contributed by atoms with Crippen molar-refractivity contribution in [3.63, 3.8) is 0 Å². The number of thioether (sulfide) groups is 1. The zero-order chi connectivity index (χ0) is 17.7. The molecule has 1 unspecified atom stereocenters. The van der Waals surface area contributed by atoms with E-state index in [2.05, 4.69) is 17.5 Å². The molecule has 2 fully saturated rings. The molecular weight excluding hydrogens is 342 g/mol. The highest BCUT2D eigenvalue weighted by Gasteiger charge is 2.49. The van der Waals surface area contributed by atoms with Gasteiger partial charge in [-0.2, -0.15) is 0 Å². The minimum Gasteiger partial charge on any atom is -0.462 e. The Hall–Kier alpha value is -1.05. The second kappa shape index (κ2) is 8.56. The molecule has 3 heterocycles.